The van der Waals surface area contributed by atoms with Gasteiger partial charge in [-0.1, -0.05) is 60.1 Å². The van der Waals surface area contributed by atoms with Crippen molar-refractivity contribution in [3.8, 4) is 0 Å². The highest BCUT2D eigenvalue weighted by molar-refractivity contribution is 5.79. The Balaban J connectivity index is 1.36. The van der Waals surface area contributed by atoms with Crippen LogP contribution in [0.3, 0.4) is 0 Å². The molecule has 250 valence electrons. The number of aliphatic hydroxyl groups excluding tert-OH is 5. The number of allylic oxidation sites excluding steroid dienone is 2. The molecule has 0 amide bonds. The number of carbonyl (C=O) groups excluding carboxylic acids is 1. The van der Waals surface area contributed by atoms with Crippen molar-refractivity contribution in [2.24, 2.45) is 56.7 Å². The summed E-state index contributed by atoms with van der Waals surface area (Å²) >= 11 is 0. The van der Waals surface area contributed by atoms with Crippen molar-refractivity contribution in [3.05, 3.63) is 11.6 Å². The van der Waals surface area contributed by atoms with Crippen LogP contribution >= 0.6 is 0 Å². The lowest BCUT2D eigenvalue weighted by Crippen LogP contribution is -2.66. The van der Waals surface area contributed by atoms with E-state index in [9.17, 15) is 30.3 Å². The van der Waals surface area contributed by atoms with Gasteiger partial charge in [0, 0.05) is 0 Å². The first-order valence-electron chi connectivity index (χ1n) is 17.4. The monoisotopic (exact) mass is 618 g/mol. The van der Waals surface area contributed by atoms with Crippen LogP contribution in [0.4, 0.5) is 0 Å². The maximum absolute atomic E-state index is 14.4. The van der Waals surface area contributed by atoms with Gasteiger partial charge in [-0.15, -0.1) is 0 Å². The fourth-order valence-electron chi connectivity index (χ4n) is 12.2. The van der Waals surface area contributed by atoms with Gasteiger partial charge in [0.1, 0.15) is 24.4 Å². The Morgan fingerprint density at radius 2 is 1.59 bits per heavy atom. The van der Waals surface area contributed by atoms with Crippen LogP contribution in [0, 0.1) is 56.7 Å². The molecule has 5 aliphatic carbocycles. The largest absolute Gasteiger partial charge is 0.432 e. The number of rotatable bonds is 3. The summed E-state index contributed by atoms with van der Waals surface area (Å²) < 4.78 is 11.6. The molecule has 6 rings (SSSR count). The topological polar surface area (TPSA) is 137 Å². The molecule has 0 bridgehead atoms. The second-order valence-electron chi connectivity index (χ2n) is 17.3. The molecule has 4 saturated carbocycles. The summed E-state index contributed by atoms with van der Waals surface area (Å²) in [6, 6.07) is 0. The molecule has 0 aromatic carbocycles. The van der Waals surface area contributed by atoms with Crippen molar-refractivity contribution in [1.82, 2.24) is 0 Å². The van der Waals surface area contributed by atoms with E-state index in [1.165, 1.54) is 5.57 Å². The summed E-state index contributed by atoms with van der Waals surface area (Å²) in [6.45, 7) is 16.1. The molecule has 0 radical (unpaired) electrons. The predicted molar refractivity (Wildman–Crippen MR) is 165 cm³/mol. The van der Waals surface area contributed by atoms with Gasteiger partial charge in [0.2, 0.25) is 6.29 Å². The van der Waals surface area contributed by atoms with Gasteiger partial charge >= 0.3 is 5.97 Å². The van der Waals surface area contributed by atoms with Crippen molar-refractivity contribution in [2.45, 2.75) is 143 Å². The van der Waals surface area contributed by atoms with E-state index in [4.69, 9.17) is 9.47 Å². The number of hydrogen-bond acceptors (Lipinski definition) is 8. The van der Waals surface area contributed by atoms with Gasteiger partial charge in [-0.3, -0.25) is 4.79 Å². The molecule has 0 spiro atoms. The number of ether oxygens (including phenoxy) is 2. The molecular formula is C36H58O8. The van der Waals surface area contributed by atoms with E-state index < -0.39 is 48.7 Å². The van der Waals surface area contributed by atoms with Crippen molar-refractivity contribution in [2.75, 3.05) is 6.61 Å². The van der Waals surface area contributed by atoms with Gasteiger partial charge in [0.25, 0.3) is 0 Å². The SMILES string of the molecule is C[C@H]1[C@H](C)CC[C@]2(C(=O)OC3O[C@H](CO)[C@@H](O)[C@H](O)[C@H]3O)CC[C@]3(C)C(=CC[C@@H]4[C@@]5(C)CC[C@H](O)C(C)(C)C5CC[C@]43C)[C@H]12. The molecule has 1 saturated heterocycles. The van der Waals surface area contributed by atoms with Crippen LogP contribution in [0.5, 0.6) is 0 Å². The van der Waals surface area contributed by atoms with Crippen molar-refractivity contribution in [3.63, 3.8) is 0 Å². The molecule has 2 unspecified atom stereocenters. The summed E-state index contributed by atoms with van der Waals surface area (Å²) in [5.74, 6) is 1.26. The van der Waals surface area contributed by atoms with E-state index in [0.717, 1.165) is 44.9 Å². The normalized spacial score (nSPS) is 55.0. The van der Waals surface area contributed by atoms with E-state index in [2.05, 4.69) is 54.5 Å². The van der Waals surface area contributed by atoms with E-state index in [-0.39, 0.29) is 39.6 Å². The molecule has 6 aliphatic rings. The molecule has 1 aliphatic heterocycles. The number of esters is 1. The lowest BCUT2D eigenvalue weighted by atomic mass is 9.33. The van der Waals surface area contributed by atoms with Crippen LogP contribution in [0.25, 0.3) is 0 Å². The van der Waals surface area contributed by atoms with E-state index in [1.54, 1.807) is 0 Å². The summed E-state index contributed by atoms with van der Waals surface area (Å²) in [6.07, 6.45) is 3.22. The Morgan fingerprint density at radius 1 is 0.886 bits per heavy atom. The lowest BCUT2D eigenvalue weighted by Gasteiger charge is -2.71. The molecule has 0 aromatic heterocycles. The van der Waals surface area contributed by atoms with Crippen LogP contribution < -0.4 is 0 Å². The maximum atomic E-state index is 14.4. The van der Waals surface area contributed by atoms with Gasteiger partial charge in [-0.25, -0.2) is 0 Å². The quantitative estimate of drug-likeness (QED) is 0.233. The predicted octanol–water partition coefficient (Wildman–Crippen LogP) is 4.35. The Kier molecular flexibility index (Phi) is 8.03. The van der Waals surface area contributed by atoms with E-state index in [0.29, 0.717) is 30.6 Å². The minimum absolute atomic E-state index is 0.00434. The summed E-state index contributed by atoms with van der Waals surface area (Å²) in [4.78, 5) is 14.4. The highest BCUT2D eigenvalue weighted by atomic mass is 16.7. The smallest absolute Gasteiger partial charge is 0.315 e. The third kappa shape index (κ3) is 4.26. The first kappa shape index (κ1) is 32.9. The zero-order valence-corrected chi connectivity index (χ0v) is 28.0. The first-order valence-corrected chi connectivity index (χ1v) is 17.4. The molecule has 5 fully saturated rings. The lowest BCUT2D eigenvalue weighted by molar-refractivity contribution is -0.297. The van der Waals surface area contributed by atoms with Crippen LogP contribution in [0.2, 0.25) is 0 Å². The van der Waals surface area contributed by atoms with Gasteiger partial charge in [-0.2, -0.15) is 0 Å². The third-order valence-electron chi connectivity index (χ3n) is 15.4. The van der Waals surface area contributed by atoms with Gasteiger partial charge in [-0.05, 0) is 109 Å². The molecule has 8 heteroatoms. The van der Waals surface area contributed by atoms with E-state index in [1.807, 2.05) is 0 Å². The number of aliphatic hydroxyl groups is 5. The Labute approximate surface area is 263 Å². The molecule has 1 heterocycles. The molecular weight excluding hydrogens is 560 g/mol. The summed E-state index contributed by atoms with van der Waals surface area (Å²) in [5.41, 5.74) is 0.661. The zero-order chi connectivity index (χ0) is 32.2. The highest BCUT2D eigenvalue weighted by Crippen LogP contribution is 2.75. The molecule has 44 heavy (non-hydrogen) atoms. The third-order valence-corrected chi connectivity index (χ3v) is 15.4. The van der Waals surface area contributed by atoms with Gasteiger partial charge < -0.3 is 35.0 Å². The van der Waals surface area contributed by atoms with Crippen molar-refractivity contribution in [1.29, 1.82) is 0 Å². The van der Waals surface area contributed by atoms with Crippen LogP contribution in [0.1, 0.15) is 106 Å². The number of fused-ring (bicyclic) bond motifs is 7. The minimum atomic E-state index is -1.61. The molecule has 0 aromatic rings. The highest BCUT2D eigenvalue weighted by Gasteiger charge is 2.70. The first-order chi connectivity index (χ1) is 20.5. The fraction of sp³-hybridized carbons (Fsp3) is 0.917. The standard InChI is InChI=1S/C36H58O8/c1-19-10-15-36(31(42)44-30-29(41)28(40)27(39)22(18-37)43-30)17-16-34(6)21(26(36)20(19)2)8-9-24-33(5)13-12-25(38)32(3,4)23(33)11-14-35(24,34)7/h8,19-20,22-30,37-41H,9-18H2,1-7H3/t19-,20+,22-,23?,24-,25+,26+,27-,28+,29-,30?,33+,34-,35-,36+/m1/s1. The molecule has 15 atom stereocenters. The fourth-order valence-corrected chi connectivity index (χ4v) is 12.2. The van der Waals surface area contributed by atoms with Crippen LogP contribution in [-0.2, 0) is 14.3 Å². The van der Waals surface area contributed by atoms with Crippen molar-refractivity contribution < 1.29 is 39.8 Å². The van der Waals surface area contributed by atoms with Crippen LogP contribution in [0.15, 0.2) is 11.6 Å². The zero-order valence-electron chi connectivity index (χ0n) is 28.0. The summed E-state index contributed by atoms with van der Waals surface area (Å²) in [7, 11) is 0. The average molecular weight is 619 g/mol. The number of carbonyl (C=O) groups is 1. The summed E-state index contributed by atoms with van der Waals surface area (Å²) in [5, 5.41) is 52.0. The Morgan fingerprint density at radius 3 is 2.27 bits per heavy atom. The van der Waals surface area contributed by atoms with Crippen LogP contribution in [-0.4, -0.2) is 74.9 Å². The molecule has 5 N–H and O–H groups in total. The second-order valence-corrected chi connectivity index (χ2v) is 17.3. The van der Waals surface area contributed by atoms with Gasteiger partial charge in [0.15, 0.2) is 0 Å². The van der Waals surface area contributed by atoms with E-state index >= 15 is 0 Å². The minimum Gasteiger partial charge on any atom is -0.432 e. The molecule has 8 nitrogen and oxygen atoms in total. The Hall–Kier alpha value is -1.03. The number of hydrogen-bond donors (Lipinski definition) is 5. The van der Waals surface area contributed by atoms with Gasteiger partial charge in [0.05, 0.1) is 18.1 Å². The second kappa shape index (κ2) is 10.7. The average Bonchev–Trinajstić information content (AvgIpc) is 2.97. The maximum Gasteiger partial charge on any atom is 0.315 e. The van der Waals surface area contributed by atoms with Crippen molar-refractivity contribution >= 4 is 5.97 Å². The Bertz CT molecular complexity index is 1170.